The number of carbonyl (C=O) groups excluding carboxylic acids is 1. The Morgan fingerprint density at radius 3 is 2.72 bits per heavy atom. The number of rotatable bonds is 7. The summed E-state index contributed by atoms with van der Waals surface area (Å²) in [6, 6.07) is 5.95. The quantitative estimate of drug-likeness (QED) is 0.571. The average molecular weight is 271 g/mol. The predicted octanol–water partition coefficient (Wildman–Crippen LogP) is 0.940. The molecule has 0 heterocycles. The zero-order valence-electron chi connectivity index (χ0n) is 10.2. The summed E-state index contributed by atoms with van der Waals surface area (Å²) < 4.78 is 26.1. The van der Waals surface area contributed by atoms with Gasteiger partial charge < -0.3 is 5.11 Å². The lowest BCUT2D eigenvalue weighted by molar-refractivity contribution is 0.0988. The molecule has 0 atom stereocenters. The van der Waals surface area contributed by atoms with E-state index in [1.807, 2.05) is 0 Å². The second-order valence-electron chi connectivity index (χ2n) is 3.78. The molecule has 0 saturated carbocycles. The molecule has 5 nitrogen and oxygen atoms in total. The van der Waals surface area contributed by atoms with Crippen molar-refractivity contribution < 1.29 is 18.3 Å². The summed E-state index contributed by atoms with van der Waals surface area (Å²) in [5, 5.41) is 8.60. The van der Waals surface area contributed by atoms with Crippen LogP contribution in [0.4, 0.5) is 0 Å². The number of sulfonamides is 1. The van der Waals surface area contributed by atoms with Crippen LogP contribution in [-0.2, 0) is 10.0 Å². The number of carbonyl (C=O) groups is 1. The first-order valence-corrected chi connectivity index (χ1v) is 7.23. The molecule has 0 fully saturated rings. The molecule has 18 heavy (non-hydrogen) atoms. The van der Waals surface area contributed by atoms with E-state index >= 15 is 0 Å². The normalized spacial score (nSPS) is 11.4. The van der Waals surface area contributed by atoms with E-state index in [9.17, 15) is 13.2 Å². The Kier molecular flexibility index (Phi) is 5.46. The number of nitrogens with one attached hydrogen (secondary N) is 1. The van der Waals surface area contributed by atoms with Crippen molar-refractivity contribution in [3.05, 3.63) is 29.8 Å². The maximum Gasteiger partial charge on any atom is 0.240 e. The van der Waals surface area contributed by atoms with Crippen LogP contribution in [-0.4, -0.2) is 32.5 Å². The van der Waals surface area contributed by atoms with E-state index < -0.39 is 10.0 Å². The second kappa shape index (κ2) is 6.63. The van der Waals surface area contributed by atoms with Gasteiger partial charge in [0.05, 0.1) is 4.90 Å². The molecule has 0 aliphatic rings. The van der Waals surface area contributed by atoms with Crippen molar-refractivity contribution >= 4 is 15.8 Å². The smallest absolute Gasteiger partial charge is 0.240 e. The van der Waals surface area contributed by atoms with Gasteiger partial charge in [-0.2, -0.15) is 0 Å². The Morgan fingerprint density at radius 2 is 2.11 bits per heavy atom. The monoisotopic (exact) mass is 271 g/mol. The minimum absolute atomic E-state index is 0.0692. The molecule has 0 aliphatic heterocycles. The Morgan fingerprint density at radius 1 is 1.39 bits per heavy atom. The lowest BCUT2D eigenvalue weighted by atomic mass is 10.1. The van der Waals surface area contributed by atoms with E-state index in [1.165, 1.54) is 12.1 Å². The highest BCUT2D eigenvalue weighted by atomic mass is 32.2. The van der Waals surface area contributed by atoms with Gasteiger partial charge in [-0.1, -0.05) is 19.1 Å². The standard InChI is InChI=1S/C12H17NO4S/c1-2-12(15)10-5-3-6-11(9-10)18(16,17)13-7-4-8-14/h3,5-6,9,13-14H,2,4,7-8H2,1H3. The number of benzene rings is 1. The van der Waals surface area contributed by atoms with Crippen LogP contribution < -0.4 is 4.72 Å². The number of aliphatic hydroxyl groups is 1. The summed E-state index contributed by atoms with van der Waals surface area (Å²) in [6.45, 7) is 1.82. The number of ketones is 1. The molecule has 100 valence electrons. The summed E-state index contributed by atoms with van der Waals surface area (Å²) in [4.78, 5) is 11.6. The van der Waals surface area contributed by atoms with Crippen molar-refractivity contribution in [2.24, 2.45) is 0 Å². The zero-order valence-corrected chi connectivity index (χ0v) is 11.0. The van der Waals surface area contributed by atoms with Crippen LogP contribution in [0.2, 0.25) is 0 Å². The SMILES string of the molecule is CCC(=O)c1cccc(S(=O)(=O)NCCCO)c1. The third kappa shape index (κ3) is 3.90. The molecular formula is C12H17NO4S. The molecule has 6 heteroatoms. The zero-order chi connectivity index (χ0) is 13.6. The van der Waals surface area contributed by atoms with Gasteiger partial charge in [-0.15, -0.1) is 0 Å². The van der Waals surface area contributed by atoms with Crippen LogP contribution in [0, 0.1) is 0 Å². The number of aliphatic hydroxyl groups excluding tert-OH is 1. The van der Waals surface area contributed by atoms with Crippen LogP contribution in [0.1, 0.15) is 30.1 Å². The number of Topliss-reactive ketones (excluding diaryl/α,β-unsaturated/α-hetero) is 1. The van der Waals surface area contributed by atoms with Crippen molar-refractivity contribution in [3.63, 3.8) is 0 Å². The first-order chi connectivity index (χ1) is 8.51. The van der Waals surface area contributed by atoms with Gasteiger partial charge in [-0.3, -0.25) is 4.79 Å². The van der Waals surface area contributed by atoms with Gasteiger partial charge in [0, 0.05) is 25.1 Å². The highest BCUT2D eigenvalue weighted by Gasteiger charge is 2.14. The van der Waals surface area contributed by atoms with Gasteiger partial charge in [0.15, 0.2) is 5.78 Å². The summed E-state index contributed by atoms with van der Waals surface area (Å²) in [7, 11) is -3.61. The fraction of sp³-hybridized carbons (Fsp3) is 0.417. The first-order valence-electron chi connectivity index (χ1n) is 5.75. The van der Waals surface area contributed by atoms with E-state index in [1.54, 1.807) is 19.1 Å². The van der Waals surface area contributed by atoms with Gasteiger partial charge in [0.2, 0.25) is 10.0 Å². The van der Waals surface area contributed by atoms with Crippen molar-refractivity contribution in [3.8, 4) is 0 Å². The van der Waals surface area contributed by atoms with E-state index in [-0.39, 0.29) is 23.8 Å². The molecule has 2 N–H and O–H groups in total. The third-order valence-electron chi connectivity index (χ3n) is 2.41. The van der Waals surface area contributed by atoms with E-state index in [2.05, 4.69) is 4.72 Å². The molecule has 0 aromatic heterocycles. The van der Waals surface area contributed by atoms with Crippen LogP contribution in [0.3, 0.4) is 0 Å². The molecule has 0 unspecified atom stereocenters. The van der Waals surface area contributed by atoms with Crippen molar-refractivity contribution in [1.82, 2.24) is 4.72 Å². The second-order valence-corrected chi connectivity index (χ2v) is 5.55. The highest BCUT2D eigenvalue weighted by molar-refractivity contribution is 7.89. The van der Waals surface area contributed by atoms with Crippen LogP contribution >= 0.6 is 0 Å². The molecule has 0 amide bonds. The molecule has 0 bridgehead atoms. The van der Waals surface area contributed by atoms with Gasteiger partial charge in [-0.05, 0) is 18.6 Å². The Hall–Kier alpha value is -1.24. The van der Waals surface area contributed by atoms with E-state index in [4.69, 9.17) is 5.11 Å². The summed E-state index contributed by atoms with van der Waals surface area (Å²) >= 11 is 0. The van der Waals surface area contributed by atoms with E-state index in [0.29, 0.717) is 18.4 Å². The largest absolute Gasteiger partial charge is 0.396 e. The van der Waals surface area contributed by atoms with Crippen molar-refractivity contribution in [2.45, 2.75) is 24.7 Å². The molecule has 0 aliphatic carbocycles. The maximum atomic E-state index is 11.9. The highest BCUT2D eigenvalue weighted by Crippen LogP contribution is 2.12. The fourth-order valence-corrected chi connectivity index (χ4v) is 2.53. The molecule has 1 rings (SSSR count). The van der Waals surface area contributed by atoms with Gasteiger partial charge >= 0.3 is 0 Å². The average Bonchev–Trinajstić information content (AvgIpc) is 2.38. The predicted molar refractivity (Wildman–Crippen MR) is 68.0 cm³/mol. The number of hydrogen-bond donors (Lipinski definition) is 2. The van der Waals surface area contributed by atoms with Crippen LogP contribution in [0.25, 0.3) is 0 Å². The third-order valence-corrected chi connectivity index (χ3v) is 3.87. The molecule has 0 spiro atoms. The van der Waals surface area contributed by atoms with Gasteiger partial charge in [0.25, 0.3) is 0 Å². The maximum absolute atomic E-state index is 11.9. The summed E-state index contributed by atoms with van der Waals surface area (Å²) in [5.41, 5.74) is 0.391. The molecule has 0 radical (unpaired) electrons. The minimum Gasteiger partial charge on any atom is -0.396 e. The van der Waals surface area contributed by atoms with E-state index in [0.717, 1.165) is 0 Å². The lowest BCUT2D eigenvalue weighted by Crippen LogP contribution is -2.25. The summed E-state index contributed by atoms with van der Waals surface area (Å²) in [6.07, 6.45) is 0.689. The summed E-state index contributed by atoms with van der Waals surface area (Å²) in [5.74, 6) is -0.0950. The topological polar surface area (TPSA) is 83.5 Å². The first kappa shape index (κ1) is 14.8. The Bertz CT molecular complexity index is 511. The molecule has 1 aromatic carbocycles. The van der Waals surface area contributed by atoms with Gasteiger partial charge in [-0.25, -0.2) is 13.1 Å². The number of hydrogen-bond acceptors (Lipinski definition) is 4. The minimum atomic E-state index is -3.61. The van der Waals surface area contributed by atoms with Crippen LogP contribution in [0.5, 0.6) is 0 Å². The van der Waals surface area contributed by atoms with Crippen molar-refractivity contribution in [1.29, 1.82) is 0 Å². The van der Waals surface area contributed by atoms with Gasteiger partial charge in [0.1, 0.15) is 0 Å². The Labute approximate surface area is 107 Å². The van der Waals surface area contributed by atoms with Crippen LogP contribution in [0.15, 0.2) is 29.2 Å². The Balaban J connectivity index is 2.92. The molecule has 0 saturated heterocycles. The lowest BCUT2D eigenvalue weighted by Gasteiger charge is -2.07. The van der Waals surface area contributed by atoms with Crippen molar-refractivity contribution in [2.75, 3.05) is 13.2 Å². The molecular weight excluding hydrogens is 254 g/mol. The fourth-order valence-electron chi connectivity index (χ4n) is 1.41. The molecule has 1 aromatic rings.